The quantitative estimate of drug-likeness (QED) is 0.942. The lowest BCUT2D eigenvalue weighted by Gasteiger charge is -2.05. The van der Waals surface area contributed by atoms with Crippen LogP contribution in [-0.4, -0.2) is 10.9 Å². The summed E-state index contributed by atoms with van der Waals surface area (Å²) in [6.45, 7) is 2.00. The molecule has 0 aliphatic heterocycles. The van der Waals surface area contributed by atoms with Crippen molar-refractivity contribution in [2.75, 3.05) is 0 Å². The van der Waals surface area contributed by atoms with Crippen LogP contribution in [0.1, 0.15) is 22.0 Å². The highest BCUT2D eigenvalue weighted by atomic mass is 35.5. The van der Waals surface area contributed by atoms with E-state index in [1.807, 2.05) is 0 Å². The van der Waals surface area contributed by atoms with Gasteiger partial charge in [-0.1, -0.05) is 23.2 Å². The summed E-state index contributed by atoms with van der Waals surface area (Å²) in [6.07, 6.45) is 1.59. The molecule has 2 aromatic rings. The van der Waals surface area contributed by atoms with Crippen molar-refractivity contribution < 1.29 is 9.21 Å². The van der Waals surface area contributed by atoms with Crippen LogP contribution >= 0.6 is 23.2 Å². The van der Waals surface area contributed by atoms with Gasteiger partial charge in [-0.05, 0) is 25.1 Å². The number of rotatable bonds is 3. The minimum absolute atomic E-state index is 0.214. The van der Waals surface area contributed by atoms with Gasteiger partial charge in [0.2, 0.25) is 5.89 Å². The summed E-state index contributed by atoms with van der Waals surface area (Å²) in [5, 5.41) is 3.46. The SMILES string of the molecule is Cc1cnc(CNC(=O)c2ccc(Cl)cc2Cl)o1. The largest absolute Gasteiger partial charge is 0.444 e. The van der Waals surface area contributed by atoms with Crippen LogP contribution in [0.15, 0.2) is 28.8 Å². The highest BCUT2D eigenvalue weighted by Gasteiger charge is 2.11. The van der Waals surface area contributed by atoms with Crippen LogP contribution < -0.4 is 5.32 Å². The number of benzene rings is 1. The second kappa shape index (κ2) is 5.42. The van der Waals surface area contributed by atoms with E-state index >= 15 is 0 Å². The average molecular weight is 285 g/mol. The number of carbonyl (C=O) groups is 1. The molecule has 1 aromatic heterocycles. The molecule has 18 heavy (non-hydrogen) atoms. The molecule has 0 fully saturated rings. The molecule has 4 nitrogen and oxygen atoms in total. The minimum Gasteiger partial charge on any atom is -0.444 e. The molecular weight excluding hydrogens is 275 g/mol. The monoisotopic (exact) mass is 284 g/mol. The Kier molecular flexibility index (Phi) is 3.89. The third-order valence-corrected chi connectivity index (χ3v) is 2.79. The van der Waals surface area contributed by atoms with Gasteiger partial charge >= 0.3 is 0 Å². The van der Waals surface area contributed by atoms with Gasteiger partial charge in [-0.25, -0.2) is 4.98 Å². The Labute approximate surface area is 114 Å². The zero-order valence-electron chi connectivity index (χ0n) is 9.54. The minimum atomic E-state index is -0.299. The fourth-order valence-corrected chi connectivity index (χ4v) is 1.90. The first-order valence-corrected chi connectivity index (χ1v) is 5.96. The number of oxazole rings is 1. The Balaban J connectivity index is 2.03. The molecule has 0 radical (unpaired) electrons. The van der Waals surface area contributed by atoms with E-state index in [4.69, 9.17) is 27.6 Å². The molecule has 1 amide bonds. The van der Waals surface area contributed by atoms with Crippen molar-refractivity contribution in [2.24, 2.45) is 0 Å². The van der Waals surface area contributed by atoms with Crippen LogP contribution in [-0.2, 0) is 6.54 Å². The molecule has 2 rings (SSSR count). The van der Waals surface area contributed by atoms with Crippen molar-refractivity contribution in [3.8, 4) is 0 Å². The molecule has 0 aliphatic rings. The maximum Gasteiger partial charge on any atom is 0.253 e. The maximum atomic E-state index is 11.8. The van der Waals surface area contributed by atoms with Crippen molar-refractivity contribution >= 4 is 29.1 Å². The summed E-state index contributed by atoms with van der Waals surface area (Å²) in [6, 6.07) is 4.70. The van der Waals surface area contributed by atoms with Gasteiger partial charge in [-0.3, -0.25) is 4.79 Å². The molecule has 0 bridgehead atoms. The summed E-state index contributed by atoms with van der Waals surface area (Å²) in [7, 11) is 0. The normalized spacial score (nSPS) is 10.4. The lowest BCUT2D eigenvalue weighted by atomic mass is 10.2. The second-order valence-corrected chi connectivity index (χ2v) is 4.52. The summed E-state index contributed by atoms with van der Waals surface area (Å²) in [5.41, 5.74) is 0.365. The molecule has 0 saturated carbocycles. The standard InChI is InChI=1S/C12H10Cl2N2O2/c1-7-5-15-11(18-7)6-16-12(17)9-3-2-8(13)4-10(9)14/h2-5H,6H2,1H3,(H,16,17). The molecular formula is C12H10Cl2N2O2. The van der Waals surface area contributed by atoms with Crippen LogP contribution in [0.4, 0.5) is 0 Å². The first kappa shape index (κ1) is 12.9. The van der Waals surface area contributed by atoms with Crippen LogP contribution in [0.25, 0.3) is 0 Å². The smallest absolute Gasteiger partial charge is 0.253 e. The number of aromatic nitrogens is 1. The van der Waals surface area contributed by atoms with Gasteiger partial charge in [0, 0.05) is 5.02 Å². The van der Waals surface area contributed by atoms with E-state index in [0.717, 1.165) is 0 Å². The molecule has 0 saturated heterocycles. The second-order valence-electron chi connectivity index (χ2n) is 3.67. The molecule has 0 atom stereocenters. The number of carbonyl (C=O) groups excluding carboxylic acids is 1. The summed E-state index contributed by atoms with van der Waals surface area (Å²) < 4.78 is 5.24. The first-order chi connectivity index (χ1) is 8.56. The van der Waals surface area contributed by atoms with Gasteiger partial charge < -0.3 is 9.73 Å². The Hall–Kier alpha value is -1.52. The van der Waals surface area contributed by atoms with E-state index in [0.29, 0.717) is 27.3 Å². The van der Waals surface area contributed by atoms with Gasteiger partial charge in [0.25, 0.3) is 5.91 Å². The Bertz CT molecular complexity index is 581. The number of hydrogen-bond donors (Lipinski definition) is 1. The molecule has 6 heteroatoms. The van der Waals surface area contributed by atoms with E-state index < -0.39 is 0 Å². The maximum absolute atomic E-state index is 11.8. The lowest BCUT2D eigenvalue weighted by molar-refractivity contribution is 0.0947. The van der Waals surface area contributed by atoms with Gasteiger partial charge in [-0.15, -0.1) is 0 Å². The van der Waals surface area contributed by atoms with E-state index in [1.54, 1.807) is 25.3 Å². The topological polar surface area (TPSA) is 55.1 Å². The van der Waals surface area contributed by atoms with Crippen molar-refractivity contribution in [2.45, 2.75) is 13.5 Å². The van der Waals surface area contributed by atoms with E-state index in [-0.39, 0.29) is 12.5 Å². The predicted octanol–water partition coefficient (Wildman–Crippen LogP) is 3.22. The fourth-order valence-electron chi connectivity index (χ4n) is 1.41. The number of amides is 1. The highest BCUT2D eigenvalue weighted by molar-refractivity contribution is 6.36. The van der Waals surface area contributed by atoms with E-state index in [9.17, 15) is 4.79 Å². The molecule has 1 aromatic carbocycles. The zero-order chi connectivity index (χ0) is 13.1. The Morgan fingerprint density at radius 3 is 2.83 bits per heavy atom. The number of aryl methyl sites for hydroxylation is 1. The van der Waals surface area contributed by atoms with Crippen molar-refractivity contribution in [1.29, 1.82) is 0 Å². The zero-order valence-corrected chi connectivity index (χ0v) is 11.0. The Morgan fingerprint density at radius 1 is 1.44 bits per heavy atom. The molecule has 0 aliphatic carbocycles. The van der Waals surface area contributed by atoms with E-state index in [1.165, 1.54) is 6.07 Å². The van der Waals surface area contributed by atoms with Gasteiger partial charge in [0.1, 0.15) is 5.76 Å². The van der Waals surface area contributed by atoms with Crippen LogP contribution in [0, 0.1) is 6.92 Å². The highest BCUT2D eigenvalue weighted by Crippen LogP contribution is 2.20. The van der Waals surface area contributed by atoms with Crippen molar-refractivity contribution in [3.63, 3.8) is 0 Å². The summed E-state index contributed by atoms with van der Waals surface area (Å²) in [4.78, 5) is 15.8. The fraction of sp³-hybridized carbons (Fsp3) is 0.167. The van der Waals surface area contributed by atoms with Gasteiger partial charge in [-0.2, -0.15) is 0 Å². The Morgan fingerprint density at radius 2 is 2.22 bits per heavy atom. The van der Waals surface area contributed by atoms with Crippen molar-refractivity contribution in [1.82, 2.24) is 10.3 Å². The molecule has 94 valence electrons. The number of nitrogens with zero attached hydrogens (tertiary/aromatic N) is 1. The third-order valence-electron chi connectivity index (χ3n) is 2.25. The predicted molar refractivity (Wildman–Crippen MR) is 68.9 cm³/mol. The molecule has 1 heterocycles. The first-order valence-electron chi connectivity index (χ1n) is 5.21. The van der Waals surface area contributed by atoms with Gasteiger partial charge in [0.05, 0.1) is 23.3 Å². The third kappa shape index (κ3) is 3.03. The summed E-state index contributed by atoms with van der Waals surface area (Å²) >= 11 is 11.7. The summed E-state index contributed by atoms with van der Waals surface area (Å²) in [5.74, 6) is 0.849. The average Bonchev–Trinajstić information content (AvgIpc) is 2.72. The van der Waals surface area contributed by atoms with E-state index in [2.05, 4.69) is 10.3 Å². The number of nitrogens with one attached hydrogen (secondary N) is 1. The molecule has 0 spiro atoms. The van der Waals surface area contributed by atoms with Crippen LogP contribution in [0.2, 0.25) is 10.0 Å². The molecule has 0 unspecified atom stereocenters. The van der Waals surface area contributed by atoms with Crippen LogP contribution in [0.5, 0.6) is 0 Å². The number of hydrogen-bond acceptors (Lipinski definition) is 3. The van der Waals surface area contributed by atoms with Crippen molar-refractivity contribution in [3.05, 3.63) is 51.7 Å². The molecule has 1 N–H and O–H groups in total. The number of halogens is 2. The van der Waals surface area contributed by atoms with Gasteiger partial charge in [0.15, 0.2) is 0 Å². The van der Waals surface area contributed by atoms with Crippen LogP contribution in [0.3, 0.4) is 0 Å². The lowest BCUT2D eigenvalue weighted by Crippen LogP contribution is -2.23.